The van der Waals surface area contributed by atoms with Gasteiger partial charge in [-0.25, -0.2) is 0 Å². The molecule has 14 aromatic rings. The first kappa shape index (κ1) is 88.9. The number of benzene rings is 14. The highest BCUT2D eigenvalue weighted by Crippen LogP contribution is 2.42. The number of hydrogen-bond donors (Lipinski definition) is 3. The summed E-state index contributed by atoms with van der Waals surface area (Å²) in [4.78, 5) is 15.0. The Morgan fingerprint density at radius 3 is 1.09 bits per heavy atom. The molecule has 2 unspecified atom stereocenters. The molecule has 14 aromatic carbocycles. The summed E-state index contributed by atoms with van der Waals surface area (Å²) in [5.74, 6) is 0. The minimum Gasteiger partial charge on any atom is -0.308 e. The fourth-order valence-electron chi connectivity index (χ4n) is 16.1. The molecule has 10 atom stereocenters. The smallest absolute Gasteiger partial charge is 0.0939 e. The van der Waals surface area contributed by atoms with Crippen molar-refractivity contribution in [3.8, 4) is 22.3 Å². The molecular weight excluding hydrogens is 1560 g/mol. The number of aliphatic imine (C=N–C) groups is 3. The molecule has 0 amide bonds. The summed E-state index contributed by atoms with van der Waals surface area (Å²) in [7, 11) is 4.21. The van der Waals surface area contributed by atoms with E-state index in [1.54, 1.807) is 10.6 Å². The maximum absolute atomic E-state index is 5.24. The molecule has 0 aromatic heterocycles. The van der Waals surface area contributed by atoms with Crippen molar-refractivity contribution < 1.29 is 0 Å². The van der Waals surface area contributed by atoms with Crippen LogP contribution in [0, 0.1) is 0 Å². The Morgan fingerprint density at radius 2 is 0.702 bits per heavy atom. The van der Waals surface area contributed by atoms with Crippen molar-refractivity contribution in [1.29, 1.82) is 0 Å². The second-order valence-corrected chi connectivity index (χ2v) is 39.0. The third kappa shape index (κ3) is 27.6. The molecule has 6 nitrogen and oxygen atoms in total. The standard InChI is InChI=1S/C35H40N2P2.C31H33N2P.C20H24N2P2.2C12H10/c1-3-16-30(17-4-1)38-24-13-25-39(31-18-5-2-6-19-31)35-23-12-8-15-29(35)27-37-33-21-10-9-20-32(33)36-26-28-14-7-11-22-34(28)38;1-2-23-32-30(26-15-7-3-8-16-26)31(27-17-9-4-10-18-27)33-24-25-34(28-19-11-5-12-20-28)29-21-13-6-14-22-29;23-19-11-5-1-7-15(19)13-21-17-9-3-4-10-18(17)22-14-16-8-2-6-12-20(16)24;2*1-3-7-11(8-4-1)12-9-5-2-6-10-12/h1-8,11-12,14-19,22-23,32-33,36-37H,9-10,13,20-21,24-27H2;3-22,24,30-32H,2,23,25H2,1H3;1-2,5-8,11-14,17-18H,3-4,9-10,23-24H2;2*1-10H/t32-,33-,38-,39-;30-,31-;17-,18-;;/m001../s1. The molecule has 0 saturated heterocycles. The summed E-state index contributed by atoms with van der Waals surface area (Å²) in [6.07, 6.45) is 21.8. The Bertz CT molecular complexity index is 4980. The van der Waals surface area contributed by atoms with Crippen LogP contribution in [0.4, 0.5) is 0 Å². The van der Waals surface area contributed by atoms with Gasteiger partial charge < -0.3 is 16.0 Å². The maximum atomic E-state index is 5.24. The van der Waals surface area contributed by atoms with E-state index in [1.807, 2.05) is 48.8 Å². The third-order valence-electron chi connectivity index (χ3n) is 22.5. The van der Waals surface area contributed by atoms with Gasteiger partial charge in [0.1, 0.15) is 0 Å². The van der Waals surface area contributed by atoms with Gasteiger partial charge in [-0.1, -0.05) is 433 Å². The summed E-state index contributed by atoms with van der Waals surface area (Å²) in [6, 6.07) is 144. The highest BCUT2D eigenvalue weighted by atomic mass is 31.1. The lowest BCUT2D eigenvalue weighted by Crippen LogP contribution is -2.49. The quantitative estimate of drug-likeness (QED) is 0.0558. The van der Waals surface area contributed by atoms with E-state index < -0.39 is 23.8 Å². The van der Waals surface area contributed by atoms with Crippen molar-refractivity contribution in [2.75, 3.05) is 25.0 Å². The molecule has 17 rings (SSSR count). The average Bonchev–Trinajstić information content (AvgIpc) is 1.77. The molecular formula is C110H117N6P5. The zero-order valence-electron chi connectivity index (χ0n) is 70.0. The van der Waals surface area contributed by atoms with Gasteiger partial charge in [-0.2, -0.15) is 0 Å². The molecule has 0 spiro atoms. The summed E-state index contributed by atoms with van der Waals surface area (Å²) in [5, 5.41) is 23.1. The number of nitrogens with one attached hydrogen (secondary N) is 3. The van der Waals surface area contributed by atoms with Crippen LogP contribution in [0.2, 0.25) is 0 Å². The minimum atomic E-state index is -0.505. The first-order valence-corrected chi connectivity index (χ1v) is 49.1. The van der Waals surface area contributed by atoms with E-state index >= 15 is 0 Å². The van der Waals surface area contributed by atoms with Gasteiger partial charge in [0, 0.05) is 50.0 Å². The van der Waals surface area contributed by atoms with Crippen LogP contribution < -0.4 is 58.4 Å². The number of hydrogen-bond acceptors (Lipinski definition) is 6. The predicted octanol–water partition coefficient (Wildman–Crippen LogP) is 23.1. The summed E-state index contributed by atoms with van der Waals surface area (Å²) < 4.78 is 0. The molecule has 1 heterocycles. The lowest BCUT2D eigenvalue weighted by molar-refractivity contribution is 0.281. The highest BCUT2D eigenvalue weighted by Gasteiger charge is 2.29. The van der Waals surface area contributed by atoms with E-state index in [2.05, 4.69) is 412 Å². The molecule has 2 saturated carbocycles. The van der Waals surface area contributed by atoms with Crippen LogP contribution >= 0.6 is 42.2 Å². The van der Waals surface area contributed by atoms with Crippen LogP contribution in [-0.2, 0) is 13.1 Å². The third-order valence-corrected chi connectivity index (χ3v) is 31.3. The SMILES string of the molecule is CCCN[C@@H](c1ccccc1)[C@@H](N=CCP(c1ccccc1)c1ccccc1)c1ccccc1.Pc1ccccc1C=N[C@@H]1CCCC[C@H]1N=Cc1ccccc1P.c1ccc(-c2ccccc2)cc1.c1ccc(-c2ccccc2)cc1.c1ccc([P@]2CCC[P@@](c3ccccc3)c3ccccc3CN[C@H]3CCCC[C@@H]3NCc3ccccc32)cc1. The number of fused-ring (bicyclic) bond motifs is 3. The van der Waals surface area contributed by atoms with Crippen molar-refractivity contribution in [3.05, 3.63) is 434 Å². The van der Waals surface area contributed by atoms with Gasteiger partial charge in [0.2, 0.25) is 0 Å². The summed E-state index contributed by atoms with van der Waals surface area (Å²) in [5.41, 5.74) is 12.9. The van der Waals surface area contributed by atoms with Crippen LogP contribution in [-0.4, -0.2) is 67.8 Å². The van der Waals surface area contributed by atoms with E-state index in [-0.39, 0.29) is 24.2 Å². The molecule has 612 valence electrons. The largest absolute Gasteiger partial charge is 0.308 e. The van der Waals surface area contributed by atoms with Crippen molar-refractivity contribution in [2.24, 2.45) is 15.0 Å². The molecule has 0 bridgehead atoms. The lowest BCUT2D eigenvalue weighted by atomic mass is 9.90. The molecule has 121 heavy (non-hydrogen) atoms. The molecule has 2 fully saturated rings. The summed E-state index contributed by atoms with van der Waals surface area (Å²) in [6.45, 7) is 5.08. The number of rotatable bonds is 19. The molecule has 2 aliphatic carbocycles. The van der Waals surface area contributed by atoms with Crippen LogP contribution in [0.25, 0.3) is 22.3 Å². The van der Waals surface area contributed by atoms with Gasteiger partial charge in [-0.3, -0.25) is 15.0 Å². The second kappa shape index (κ2) is 49.9. The predicted molar refractivity (Wildman–Crippen MR) is 538 cm³/mol. The Hall–Kier alpha value is -9.88. The van der Waals surface area contributed by atoms with E-state index in [4.69, 9.17) is 15.0 Å². The first-order valence-electron chi connectivity index (χ1n) is 43.4. The molecule has 0 radical (unpaired) electrons. The summed E-state index contributed by atoms with van der Waals surface area (Å²) >= 11 is 0. The first-order chi connectivity index (χ1) is 59.9. The van der Waals surface area contributed by atoms with E-state index in [1.165, 1.54) is 145 Å². The van der Waals surface area contributed by atoms with Crippen molar-refractivity contribution in [2.45, 2.75) is 120 Å². The lowest BCUT2D eigenvalue weighted by Gasteiger charge is -2.34. The van der Waals surface area contributed by atoms with Crippen LogP contribution in [0.1, 0.15) is 117 Å². The van der Waals surface area contributed by atoms with Gasteiger partial charge in [-0.05, 0) is 179 Å². The average molecular weight is 1680 g/mol. The Balaban J connectivity index is 0.000000140. The Kier molecular flexibility index (Phi) is 36.7. The molecule has 11 heteroatoms. The van der Waals surface area contributed by atoms with Crippen molar-refractivity contribution in [1.82, 2.24) is 16.0 Å². The Morgan fingerprint density at radius 1 is 0.372 bits per heavy atom. The minimum absolute atomic E-state index is 0.0125. The van der Waals surface area contributed by atoms with Crippen LogP contribution in [0.5, 0.6) is 0 Å². The highest BCUT2D eigenvalue weighted by molar-refractivity contribution is 7.74. The topological polar surface area (TPSA) is 73.2 Å². The van der Waals surface area contributed by atoms with Crippen molar-refractivity contribution >= 4 is 103 Å². The van der Waals surface area contributed by atoms with Gasteiger partial charge in [0.05, 0.1) is 24.2 Å². The van der Waals surface area contributed by atoms with Crippen molar-refractivity contribution in [3.63, 3.8) is 0 Å². The van der Waals surface area contributed by atoms with E-state index in [0.29, 0.717) is 12.1 Å². The van der Waals surface area contributed by atoms with E-state index in [9.17, 15) is 0 Å². The maximum Gasteiger partial charge on any atom is 0.0939 e. The van der Waals surface area contributed by atoms with Gasteiger partial charge in [0.15, 0.2) is 0 Å². The van der Waals surface area contributed by atoms with Crippen LogP contribution in [0.3, 0.4) is 0 Å². The number of nitrogens with zero attached hydrogens (tertiary/aromatic N) is 3. The van der Waals surface area contributed by atoms with Gasteiger partial charge in [-0.15, -0.1) is 18.5 Å². The Labute approximate surface area is 730 Å². The zero-order valence-corrected chi connectivity index (χ0v) is 74.9. The molecule has 3 N–H and O–H groups in total. The monoisotopic (exact) mass is 1680 g/mol. The normalized spacial score (nSPS) is 17.8. The van der Waals surface area contributed by atoms with E-state index in [0.717, 1.165) is 45.1 Å². The van der Waals surface area contributed by atoms with Crippen LogP contribution in [0.15, 0.2) is 415 Å². The molecule has 1 aliphatic heterocycles. The fraction of sp³-hybridized carbons (Fsp3) is 0.209. The fourth-order valence-corrected chi connectivity index (χ4v) is 24.1. The van der Waals surface area contributed by atoms with Gasteiger partial charge in [0.25, 0.3) is 0 Å². The zero-order chi connectivity index (χ0) is 82.9. The van der Waals surface area contributed by atoms with Gasteiger partial charge >= 0.3 is 0 Å². The molecule has 3 aliphatic rings. The second-order valence-electron chi connectivity index (χ2n) is 30.9.